The first kappa shape index (κ1) is 12.8. The predicted octanol–water partition coefficient (Wildman–Crippen LogP) is 2.41. The van der Waals surface area contributed by atoms with E-state index in [9.17, 15) is 9.18 Å². The highest BCUT2D eigenvalue weighted by Gasteiger charge is 2.04. The summed E-state index contributed by atoms with van der Waals surface area (Å²) in [6.45, 7) is 2.68. The molecular formula is C11H14FNO2S. The Morgan fingerprint density at radius 3 is 2.88 bits per heavy atom. The molecule has 5 heteroatoms. The van der Waals surface area contributed by atoms with Gasteiger partial charge in [0.2, 0.25) is 0 Å². The lowest BCUT2D eigenvalue weighted by molar-refractivity contribution is 0.261. The molecule has 1 N–H and O–H groups in total. The summed E-state index contributed by atoms with van der Waals surface area (Å²) in [6, 6.07) is 4.78. The molecule has 1 amide bonds. The van der Waals surface area contributed by atoms with Crippen molar-refractivity contribution in [2.45, 2.75) is 13.3 Å². The third-order valence-electron chi connectivity index (χ3n) is 1.99. The molecule has 0 aliphatic rings. The molecule has 0 heterocycles. The van der Waals surface area contributed by atoms with Gasteiger partial charge in [-0.2, -0.15) is 0 Å². The molecule has 1 aromatic carbocycles. The Morgan fingerprint density at radius 2 is 2.31 bits per heavy atom. The topological polar surface area (TPSA) is 38.3 Å². The van der Waals surface area contributed by atoms with E-state index in [1.54, 1.807) is 19.1 Å². The van der Waals surface area contributed by atoms with Crippen LogP contribution in [0.4, 0.5) is 9.18 Å². The standard InChI is InChI=1S/C11H14FNO2S/c1-2-15-10-4-3-8(7-9(10)12)5-6-13-11(14)16/h3-4,7H,2,5-6H2,1H3,(H2,13,14,16). The maximum Gasteiger partial charge on any atom is 0.275 e. The van der Waals surface area contributed by atoms with Crippen molar-refractivity contribution in [1.29, 1.82) is 0 Å². The van der Waals surface area contributed by atoms with Gasteiger partial charge in [-0.15, -0.1) is 0 Å². The van der Waals surface area contributed by atoms with Crippen molar-refractivity contribution in [3.8, 4) is 5.75 Å². The van der Waals surface area contributed by atoms with E-state index in [0.717, 1.165) is 5.56 Å². The number of thiol groups is 1. The number of benzene rings is 1. The number of hydrogen-bond donors (Lipinski definition) is 2. The zero-order valence-corrected chi connectivity index (χ0v) is 9.89. The van der Waals surface area contributed by atoms with Gasteiger partial charge in [-0.3, -0.25) is 4.79 Å². The van der Waals surface area contributed by atoms with Crippen molar-refractivity contribution in [2.24, 2.45) is 0 Å². The molecule has 1 aromatic rings. The molecular weight excluding hydrogens is 229 g/mol. The smallest absolute Gasteiger partial charge is 0.275 e. The Morgan fingerprint density at radius 1 is 1.56 bits per heavy atom. The van der Waals surface area contributed by atoms with Gasteiger partial charge in [0, 0.05) is 6.54 Å². The summed E-state index contributed by atoms with van der Waals surface area (Å²) in [5.74, 6) is -0.124. The van der Waals surface area contributed by atoms with Crippen molar-refractivity contribution < 1.29 is 13.9 Å². The zero-order valence-electron chi connectivity index (χ0n) is 9.00. The van der Waals surface area contributed by atoms with Crippen LogP contribution in [0.1, 0.15) is 12.5 Å². The largest absolute Gasteiger partial charge is 0.491 e. The van der Waals surface area contributed by atoms with Crippen LogP contribution in [0.25, 0.3) is 0 Å². The molecule has 0 fully saturated rings. The first-order chi connectivity index (χ1) is 7.63. The minimum atomic E-state index is -0.383. The number of hydrogen-bond acceptors (Lipinski definition) is 2. The fourth-order valence-corrected chi connectivity index (χ4v) is 1.40. The van der Waals surface area contributed by atoms with Gasteiger partial charge in [0.15, 0.2) is 11.6 Å². The maximum atomic E-state index is 13.4. The maximum absolute atomic E-state index is 13.4. The van der Waals surface area contributed by atoms with E-state index in [-0.39, 0.29) is 16.8 Å². The van der Waals surface area contributed by atoms with Gasteiger partial charge in [-0.05, 0) is 31.0 Å². The molecule has 0 atom stereocenters. The van der Waals surface area contributed by atoms with E-state index < -0.39 is 0 Å². The number of halogens is 1. The molecule has 0 unspecified atom stereocenters. The number of ether oxygens (including phenoxy) is 1. The van der Waals surface area contributed by atoms with E-state index in [2.05, 4.69) is 17.9 Å². The third-order valence-corrected chi connectivity index (χ3v) is 2.14. The van der Waals surface area contributed by atoms with Gasteiger partial charge >= 0.3 is 0 Å². The summed E-state index contributed by atoms with van der Waals surface area (Å²) >= 11 is 3.56. The highest BCUT2D eigenvalue weighted by Crippen LogP contribution is 2.18. The number of amides is 1. The molecule has 3 nitrogen and oxygen atoms in total. The van der Waals surface area contributed by atoms with Crippen LogP contribution in [0.2, 0.25) is 0 Å². The van der Waals surface area contributed by atoms with Crippen LogP contribution in [-0.2, 0) is 6.42 Å². The summed E-state index contributed by atoms with van der Waals surface area (Å²) in [5.41, 5.74) is 0.808. The lowest BCUT2D eigenvalue weighted by Crippen LogP contribution is -2.19. The van der Waals surface area contributed by atoms with Crippen LogP contribution in [0.5, 0.6) is 5.75 Å². The molecule has 0 aliphatic carbocycles. The molecule has 0 radical (unpaired) electrons. The van der Waals surface area contributed by atoms with Crippen LogP contribution >= 0.6 is 12.6 Å². The second-order valence-corrected chi connectivity index (χ2v) is 3.59. The fourth-order valence-electron chi connectivity index (χ4n) is 1.29. The van der Waals surface area contributed by atoms with Crippen molar-refractivity contribution >= 4 is 17.9 Å². The quantitative estimate of drug-likeness (QED) is 0.779. The van der Waals surface area contributed by atoms with Gasteiger partial charge < -0.3 is 10.1 Å². The summed E-state index contributed by atoms with van der Waals surface area (Å²) in [5, 5.41) is 2.14. The van der Waals surface area contributed by atoms with Gasteiger partial charge in [0.25, 0.3) is 5.24 Å². The zero-order chi connectivity index (χ0) is 12.0. The van der Waals surface area contributed by atoms with Crippen LogP contribution in [0, 0.1) is 5.82 Å². The van der Waals surface area contributed by atoms with Crippen LogP contribution in [0.3, 0.4) is 0 Å². The SMILES string of the molecule is CCOc1ccc(CCNC(=O)S)cc1F. The van der Waals surface area contributed by atoms with Crippen LogP contribution in [-0.4, -0.2) is 18.4 Å². The Labute approximate surface area is 99.4 Å². The summed E-state index contributed by atoms with van der Waals surface area (Å²) < 4.78 is 18.5. The van der Waals surface area contributed by atoms with Crippen LogP contribution in [0.15, 0.2) is 18.2 Å². The van der Waals surface area contributed by atoms with Gasteiger partial charge in [-0.25, -0.2) is 4.39 Å². The molecule has 0 aliphatic heterocycles. The Bertz CT molecular complexity index is 371. The normalized spacial score (nSPS) is 9.94. The number of carbonyl (C=O) groups is 1. The summed E-state index contributed by atoms with van der Waals surface area (Å²) in [4.78, 5) is 10.5. The molecule has 1 rings (SSSR count). The Balaban J connectivity index is 2.55. The molecule has 0 saturated heterocycles. The second-order valence-electron chi connectivity index (χ2n) is 3.18. The van der Waals surface area contributed by atoms with E-state index in [1.165, 1.54) is 6.07 Å². The molecule has 0 spiro atoms. The number of carbonyl (C=O) groups excluding carboxylic acids is 1. The van der Waals surface area contributed by atoms with Crippen LogP contribution < -0.4 is 10.1 Å². The lowest BCUT2D eigenvalue weighted by Gasteiger charge is -2.07. The average Bonchev–Trinajstić information content (AvgIpc) is 2.21. The van der Waals surface area contributed by atoms with E-state index in [1.807, 2.05) is 0 Å². The highest BCUT2D eigenvalue weighted by atomic mass is 32.1. The molecule has 0 aromatic heterocycles. The van der Waals surface area contributed by atoms with Gasteiger partial charge in [0.1, 0.15) is 0 Å². The number of nitrogens with one attached hydrogen (secondary N) is 1. The Kier molecular flexibility index (Phi) is 5.11. The molecule has 88 valence electrons. The van der Waals surface area contributed by atoms with Crippen molar-refractivity contribution in [1.82, 2.24) is 5.32 Å². The predicted molar refractivity (Wildman–Crippen MR) is 63.7 cm³/mol. The second kappa shape index (κ2) is 6.37. The summed E-state index contributed by atoms with van der Waals surface area (Å²) in [7, 11) is 0. The van der Waals surface area contributed by atoms with E-state index in [4.69, 9.17) is 4.74 Å². The van der Waals surface area contributed by atoms with Crippen molar-refractivity contribution in [3.05, 3.63) is 29.6 Å². The lowest BCUT2D eigenvalue weighted by atomic mass is 10.1. The third kappa shape index (κ3) is 4.10. The van der Waals surface area contributed by atoms with Crippen molar-refractivity contribution in [3.63, 3.8) is 0 Å². The van der Waals surface area contributed by atoms with Gasteiger partial charge in [0.05, 0.1) is 6.61 Å². The minimum Gasteiger partial charge on any atom is -0.491 e. The number of rotatable bonds is 5. The fraction of sp³-hybridized carbons (Fsp3) is 0.364. The highest BCUT2D eigenvalue weighted by molar-refractivity contribution is 7.96. The Hall–Kier alpha value is -1.23. The first-order valence-electron chi connectivity index (χ1n) is 5.01. The summed E-state index contributed by atoms with van der Waals surface area (Å²) in [6.07, 6.45) is 0.565. The average molecular weight is 243 g/mol. The monoisotopic (exact) mass is 243 g/mol. The first-order valence-corrected chi connectivity index (χ1v) is 5.46. The van der Waals surface area contributed by atoms with E-state index in [0.29, 0.717) is 19.6 Å². The van der Waals surface area contributed by atoms with Crippen molar-refractivity contribution in [2.75, 3.05) is 13.2 Å². The van der Waals surface area contributed by atoms with E-state index >= 15 is 0 Å². The minimum absolute atomic E-state index is 0.254. The molecule has 16 heavy (non-hydrogen) atoms. The molecule has 0 bridgehead atoms. The van der Waals surface area contributed by atoms with Gasteiger partial charge in [-0.1, -0.05) is 18.7 Å². The molecule has 0 saturated carbocycles.